The van der Waals surface area contributed by atoms with E-state index in [1.807, 2.05) is 49.8 Å². The number of aromatic nitrogens is 3. The van der Waals surface area contributed by atoms with Gasteiger partial charge in [-0.05, 0) is 48.7 Å². The zero-order chi connectivity index (χ0) is 22.1. The molecule has 8 heteroatoms. The maximum atomic E-state index is 11.8. The molecule has 6 nitrogen and oxygen atoms in total. The van der Waals surface area contributed by atoms with Gasteiger partial charge in [0, 0.05) is 49.5 Å². The van der Waals surface area contributed by atoms with Crippen molar-refractivity contribution >= 4 is 16.6 Å². The summed E-state index contributed by atoms with van der Waals surface area (Å²) in [6, 6.07) is 12.3. The van der Waals surface area contributed by atoms with Gasteiger partial charge < -0.3 is 15.5 Å². The second-order valence-electron chi connectivity index (χ2n) is 7.28. The third-order valence-electron chi connectivity index (χ3n) is 5.19. The second-order valence-corrected chi connectivity index (χ2v) is 7.28. The highest BCUT2D eigenvalue weighted by Crippen LogP contribution is 2.23. The summed E-state index contributed by atoms with van der Waals surface area (Å²) < 4.78 is 23.7. The topological polar surface area (TPSA) is 66.0 Å². The molecule has 2 N–H and O–H groups in total. The molecule has 1 aliphatic heterocycles. The highest BCUT2D eigenvalue weighted by molar-refractivity contribution is 5.87. The SMILES string of the molecule is C=CN1CCC(NCC(F)F)CC1.CNc1cc2cc(-c3cccnn3)ccc2cn1. The number of rotatable bonds is 6. The molecule has 31 heavy (non-hydrogen) atoms. The molecule has 0 atom stereocenters. The van der Waals surface area contributed by atoms with E-state index >= 15 is 0 Å². The van der Waals surface area contributed by atoms with E-state index in [2.05, 4.69) is 43.4 Å². The van der Waals surface area contributed by atoms with Crippen LogP contribution in [0.5, 0.6) is 0 Å². The molecule has 0 saturated carbocycles. The first-order valence-corrected chi connectivity index (χ1v) is 10.3. The van der Waals surface area contributed by atoms with Crippen molar-refractivity contribution < 1.29 is 8.78 Å². The molecule has 1 aromatic carbocycles. The number of benzene rings is 1. The highest BCUT2D eigenvalue weighted by atomic mass is 19.3. The van der Waals surface area contributed by atoms with Crippen LogP contribution in [0.2, 0.25) is 0 Å². The zero-order valence-electron chi connectivity index (χ0n) is 17.6. The average Bonchev–Trinajstić information content (AvgIpc) is 2.83. The molecule has 4 rings (SSSR count). The van der Waals surface area contributed by atoms with Gasteiger partial charge in [-0.15, -0.1) is 0 Å². The maximum absolute atomic E-state index is 11.8. The van der Waals surface area contributed by atoms with Crippen LogP contribution >= 0.6 is 0 Å². The van der Waals surface area contributed by atoms with Crippen LogP contribution in [0.3, 0.4) is 0 Å². The monoisotopic (exact) mass is 426 g/mol. The Morgan fingerprint density at radius 1 is 1.19 bits per heavy atom. The van der Waals surface area contributed by atoms with Gasteiger partial charge in [-0.3, -0.25) is 0 Å². The number of pyridine rings is 1. The van der Waals surface area contributed by atoms with Crippen molar-refractivity contribution in [3.8, 4) is 11.3 Å². The predicted octanol–water partition coefficient (Wildman–Crippen LogP) is 4.18. The van der Waals surface area contributed by atoms with Crippen molar-refractivity contribution in [1.82, 2.24) is 25.4 Å². The Balaban J connectivity index is 0.000000187. The standard InChI is InChI=1S/C14H12N4.C9H16F2N2/c1-15-14-8-12-7-10(4-5-11(12)9-16-14)13-3-2-6-17-18-13;1-2-13-5-3-8(4-6-13)12-7-9(10)11/h2-9H,1H3,(H,15,16);2,8-9,12H,1,3-7H2. The molecular weight excluding hydrogens is 398 g/mol. The third kappa shape index (κ3) is 6.68. The highest BCUT2D eigenvalue weighted by Gasteiger charge is 2.17. The molecule has 0 bridgehead atoms. The van der Waals surface area contributed by atoms with E-state index in [0.29, 0.717) is 0 Å². The smallest absolute Gasteiger partial charge is 0.250 e. The van der Waals surface area contributed by atoms with Crippen molar-refractivity contribution in [2.75, 3.05) is 32.0 Å². The van der Waals surface area contributed by atoms with Gasteiger partial charge in [-0.2, -0.15) is 10.2 Å². The first-order chi connectivity index (χ1) is 15.1. The molecule has 3 heterocycles. The lowest BCUT2D eigenvalue weighted by Crippen LogP contribution is -2.41. The number of hydrogen-bond donors (Lipinski definition) is 2. The Hall–Kier alpha value is -3.13. The van der Waals surface area contributed by atoms with Gasteiger partial charge in [-0.1, -0.05) is 18.7 Å². The summed E-state index contributed by atoms with van der Waals surface area (Å²) in [4.78, 5) is 6.40. The van der Waals surface area contributed by atoms with Crippen LogP contribution in [0.15, 0.2) is 61.6 Å². The van der Waals surface area contributed by atoms with E-state index in [0.717, 1.165) is 53.8 Å². The minimum absolute atomic E-state index is 0.182. The van der Waals surface area contributed by atoms with Crippen LogP contribution in [-0.2, 0) is 0 Å². The minimum Gasteiger partial charge on any atom is -0.378 e. The largest absolute Gasteiger partial charge is 0.378 e. The van der Waals surface area contributed by atoms with E-state index in [1.54, 1.807) is 6.20 Å². The first kappa shape index (κ1) is 22.6. The lowest BCUT2D eigenvalue weighted by molar-refractivity contribution is 0.134. The van der Waals surface area contributed by atoms with E-state index in [-0.39, 0.29) is 12.6 Å². The van der Waals surface area contributed by atoms with Gasteiger partial charge in [-0.25, -0.2) is 13.8 Å². The molecule has 1 fully saturated rings. The molecule has 1 saturated heterocycles. The van der Waals surface area contributed by atoms with Crippen LogP contribution in [0, 0.1) is 0 Å². The van der Waals surface area contributed by atoms with Gasteiger partial charge in [0.1, 0.15) is 5.82 Å². The van der Waals surface area contributed by atoms with E-state index in [9.17, 15) is 8.78 Å². The number of alkyl halides is 2. The zero-order valence-corrected chi connectivity index (χ0v) is 17.6. The predicted molar refractivity (Wildman–Crippen MR) is 121 cm³/mol. The quantitative estimate of drug-likeness (QED) is 0.616. The summed E-state index contributed by atoms with van der Waals surface area (Å²) in [6.45, 7) is 5.33. The van der Waals surface area contributed by atoms with E-state index in [4.69, 9.17) is 0 Å². The van der Waals surface area contributed by atoms with Gasteiger partial charge in [0.05, 0.1) is 12.2 Å². The summed E-state index contributed by atoms with van der Waals surface area (Å²) in [5.41, 5.74) is 1.94. The number of anilines is 1. The molecule has 1 aliphatic rings. The number of nitrogens with one attached hydrogen (secondary N) is 2. The van der Waals surface area contributed by atoms with E-state index < -0.39 is 6.43 Å². The summed E-state index contributed by atoms with van der Waals surface area (Å²) in [6.07, 6.45) is 4.97. The first-order valence-electron chi connectivity index (χ1n) is 10.3. The molecule has 0 amide bonds. The normalized spacial score (nSPS) is 14.3. The van der Waals surface area contributed by atoms with Crippen LogP contribution < -0.4 is 10.6 Å². The Morgan fingerprint density at radius 3 is 2.65 bits per heavy atom. The Kier molecular flexibility index (Phi) is 8.23. The number of piperidine rings is 1. The average molecular weight is 427 g/mol. The van der Waals surface area contributed by atoms with Gasteiger partial charge in [0.15, 0.2) is 0 Å². The van der Waals surface area contributed by atoms with Crippen LogP contribution in [-0.4, -0.2) is 59.2 Å². The Labute approximate surface area is 181 Å². The minimum atomic E-state index is -2.24. The third-order valence-corrected chi connectivity index (χ3v) is 5.19. The van der Waals surface area contributed by atoms with Crippen LogP contribution in [0.25, 0.3) is 22.0 Å². The molecular formula is C23H28F2N6. The number of fused-ring (bicyclic) bond motifs is 1. The van der Waals surface area contributed by atoms with Crippen molar-refractivity contribution in [3.05, 3.63) is 61.6 Å². The summed E-state index contributed by atoms with van der Waals surface area (Å²) in [5.74, 6) is 0.860. The molecule has 0 radical (unpaired) electrons. The number of halogens is 2. The fourth-order valence-corrected chi connectivity index (χ4v) is 3.43. The molecule has 0 spiro atoms. The second kappa shape index (κ2) is 11.3. The molecule has 0 aliphatic carbocycles. The Bertz CT molecular complexity index is 959. The van der Waals surface area contributed by atoms with Gasteiger partial charge in [0.2, 0.25) is 0 Å². The molecule has 0 unspecified atom stereocenters. The van der Waals surface area contributed by atoms with Crippen LogP contribution in [0.4, 0.5) is 14.6 Å². The Morgan fingerprint density at radius 2 is 2.00 bits per heavy atom. The molecule has 2 aromatic heterocycles. The van der Waals surface area contributed by atoms with Crippen molar-refractivity contribution in [1.29, 1.82) is 0 Å². The number of hydrogen-bond acceptors (Lipinski definition) is 6. The summed E-state index contributed by atoms with van der Waals surface area (Å²) >= 11 is 0. The maximum Gasteiger partial charge on any atom is 0.250 e. The fourth-order valence-electron chi connectivity index (χ4n) is 3.43. The lowest BCUT2D eigenvalue weighted by Gasteiger charge is -2.31. The summed E-state index contributed by atoms with van der Waals surface area (Å²) in [5, 5.41) is 16.2. The number of nitrogens with zero attached hydrogens (tertiary/aromatic N) is 4. The summed E-state index contributed by atoms with van der Waals surface area (Å²) in [7, 11) is 1.86. The van der Waals surface area contributed by atoms with Gasteiger partial charge >= 0.3 is 0 Å². The molecule has 164 valence electrons. The van der Waals surface area contributed by atoms with Crippen molar-refractivity contribution in [2.45, 2.75) is 25.3 Å². The number of likely N-dealkylation sites (tertiary alicyclic amines) is 1. The fraction of sp³-hybridized carbons (Fsp3) is 0.348. The van der Waals surface area contributed by atoms with Crippen molar-refractivity contribution in [3.63, 3.8) is 0 Å². The lowest BCUT2D eigenvalue weighted by atomic mass is 10.1. The molecule has 3 aromatic rings. The van der Waals surface area contributed by atoms with E-state index in [1.165, 1.54) is 0 Å². The van der Waals surface area contributed by atoms with Crippen molar-refractivity contribution in [2.24, 2.45) is 0 Å². The van der Waals surface area contributed by atoms with Gasteiger partial charge in [0.25, 0.3) is 6.43 Å². The van der Waals surface area contributed by atoms with Crippen LogP contribution in [0.1, 0.15) is 12.8 Å².